The summed E-state index contributed by atoms with van der Waals surface area (Å²) >= 11 is 1.73. The number of rotatable bonds is 4. The zero-order valence-corrected chi connectivity index (χ0v) is 13.6. The predicted molar refractivity (Wildman–Crippen MR) is 95.2 cm³/mol. The van der Waals surface area contributed by atoms with Crippen molar-refractivity contribution in [3.05, 3.63) is 52.6 Å². The van der Waals surface area contributed by atoms with Crippen LogP contribution in [0.3, 0.4) is 0 Å². The van der Waals surface area contributed by atoms with Crippen LogP contribution in [0, 0.1) is 0 Å². The van der Waals surface area contributed by atoms with E-state index in [-0.39, 0.29) is 0 Å². The molecule has 1 aliphatic heterocycles. The van der Waals surface area contributed by atoms with Gasteiger partial charge in [-0.2, -0.15) is 0 Å². The van der Waals surface area contributed by atoms with Gasteiger partial charge in [0.05, 0.1) is 18.1 Å². The predicted octanol–water partition coefficient (Wildman–Crippen LogP) is 2.21. The van der Waals surface area contributed by atoms with Gasteiger partial charge < -0.3 is 15.6 Å². The molecule has 3 aromatic rings. The highest BCUT2D eigenvalue weighted by Gasteiger charge is 2.14. The van der Waals surface area contributed by atoms with Crippen molar-refractivity contribution < 1.29 is 0 Å². The Kier molecular flexibility index (Phi) is 3.85. The number of nitrogens with two attached hydrogens (primary N) is 1. The highest BCUT2D eigenvalue weighted by molar-refractivity contribution is 7.10. The number of thiophene rings is 1. The molecule has 0 saturated carbocycles. The van der Waals surface area contributed by atoms with Crippen LogP contribution in [-0.2, 0) is 6.54 Å². The average Bonchev–Trinajstić information content (AvgIpc) is 3.29. The van der Waals surface area contributed by atoms with Crippen molar-refractivity contribution in [2.75, 3.05) is 13.1 Å². The van der Waals surface area contributed by atoms with E-state index in [4.69, 9.17) is 5.73 Å². The SMILES string of the molecule is NC(=NC1CCNC1)c1csc(Cn2ccc3cnccc32)c1. The van der Waals surface area contributed by atoms with Crippen LogP contribution in [0.2, 0.25) is 0 Å². The standard InChI is InChI=1S/C17H19N5S/c18-17(21-14-1-4-20-9-14)13-7-15(23-11-13)10-22-6-3-12-8-19-5-2-16(12)22/h2-3,5-8,11,14,20H,1,4,9-10H2,(H2,18,21). The van der Waals surface area contributed by atoms with Gasteiger partial charge in [0, 0.05) is 46.3 Å². The summed E-state index contributed by atoms with van der Waals surface area (Å²) in [5.74, 6) is 0.655. The molecule has 23 heavy (non-hydrogen) atoms. The molecule has 6 heteroatoms. The molecule has 0 aromatic carbocycles. The molecule has 0 amide bonds. The van der Waals surface area contributed by atoms with Crippen LogP contribution >= 0.6 is 11.3 Å². The third-order valence-electron chi connectivity index (χ3n) is 4.20. The Hall–Kier alpha value is -2.18. The first-order valence-electron chi connectivity index (χ1n) is 7.80. The van der Waals surface area contributed by atoms with E-state index in [1.165, 1.54) is 15.8 Å². The van der Waals surface area contributed by atoms with Gasteiger partial charge in [0.1, 0.15) is 5.84 Å². The Morgan fingerprint density at radius 2 is 2.43 bits per heavy atom. The second-order valence-corrected chi connectivity index (χ2v) is 6.84. The molecule has 1 unspecified atom stereocenters. The normalized spacial score (nSPS) is 18.8. The van der Waals surface area contributed by atoms with Crippen LogP contribution in [0.15, 0.2) is 47.2 Å². The van der Waals surface area contributed by atoms with Gasteiger partial charge in [-0.1, -0.05) is 0 Å². The van der Waals surface area contributed by atoms with Gasteiger partial charge in [-0.15, -0.1) is 11.3 Å². The summed E-state index contributed by atoms with van der Waals surface area (Å²) in [5.41, 5.74) is 8.41. The number of hydrogen-bond acceptors (Lipinski definition) is 4. The quantitative estimate of drug-likeness (QED) is 0.571. The number of aromatic nitrogens is 2. The first kappa shape index (κ1) is 14.4. The van der Waals surface area contributed by atoms with E-state index in [9.17, 15) is 0 Å². The minimum atomic E-state index is 0.319. The molecule has 3 aromatic heterocycles. The fraction of sp³-hybridized carbons (Fsp3) is 0.294. The van der Waals surface area contributed by atoms with E-state index in [1.54, 1.807) is 11.3 Å². The van der Waals surface area contributed by atoms with Crippen molar-refractivity contribution >= 4 is 28.1 Å². The number of hydrogen-bond donors (Lipinski definition) is 2. The first-order valence-corrected chi connectivity index (χ1v) is 8.68. The fourth-order valence-corrected chi connectivity index (χ4v) is 3.84. The number of nitrogens with zero attached hydrogens (tertiary/aromatic N) is 3. The van der Waals surface area contributed by atoms with Gasteiger partial charge in [0.25, 0.3) is 0 Å². The minimum absolute atomic E-state index is 0.319. The molecule has 0 bridgehead atoms. The van der Waals surface area contributed by atoms with Crippen molar-refractivity contribution in [3.63, 3.8) is 0 Å². The van der Waals surface area contributed by atoms with Crippen LogP contribution in [0.25, 0.3) is 10.9 Å². The van der Waals surface area contributed by atoms with Gasteiger partial charge in [-0.05, 0) is 31.2 Å². The Balaban J connectivity index is 1.53. The lowest BCUT2D eigenvalue weighted by Crippen LogP contribution is -2.19. The van der Waals surface area contributed by atoms with Gasteiger partial charge >= 0.3 is 0 Å². The minimum Gasteiger partial charge on any atom is -0.383 e. The molecule has 5 nitrogen and oxygen atoms in total. The summed E-state index contributed by atoms with van der Waals surface area (Å²) in [5, 5.41) is 6.58. The molecular formula is C17H19N5S. The average molecular weight is 325 g/mol. The van der Waals surface area contributed by atoms with Gasteiger partial charge in [0.2, 0.25) is 0 Å². The second kappa shape index (κ2) is 6.14. The van der Waals surface area contributed by atoms with E-state index in [2.05, 4.69) is 43.6 Å². The number of aliphatic imine (C=N–C) groups is 1. The fourth-order valence-electron chi connectivity index (χ4n) is 2.96. The zero-order valence-electron chi connectivity index (χ0n) is 12.8. The molecule has 118 valence electrons. The third-order valence-corrected chi connectivity index (χ3v) is 5.12. The molecule has 0 radical (unpaired) electrons. The lowest BCUT2D eigenvalue weighted by Gasteiger charge is -2.04. The third kappa shape index (κ3) is 3.00. The second-order valence-electron chi connectivity index (χ2n) is 5.84. The number of amidine groups is 1. The summed E-state index contributed by atoms with van der Waals surface area (Å²) in [7, 11) is 0. The number of fused-ring (bicyclic) bond motifs is 1. The van der Waals surface area contributed by atoms with Crippen LogP contribution in [0.1, 0.15) is 16.9 Å². The summed E-state index contributed by atoms with van der Waals surface area (Å²) in [6.07, 6.45) is 6.90. The monoisotopic (exact) mass is 325 g/mol. The maximum absolute atomic E-state index is 6.17. The van der Waals surface area contributed by atoms with Crippen molar-refractivity contribution in [1.82, 2.24) is 14.9 Å². The maximum Gasteiger partial charge on any atom is 0.126 e. The van der Waals surface area contributed by atoms with Crippen LogP contribution in [0.4, 0.5) is 0 Å². The van der Waals surface area contributed by atoms with Crippen molar-refractivity contribution in [1.29, 1.82) is 0 Å². The number of pyridine rings is 1. The first-order chi connectivity index (χ1) is 11.3. The number of nitrogens with one attached hydrogen (secondary N) is 1. The lowest BCUT2D eigenvalue weighted by atomic mass is 10.2. The van der Waals surface area contributed by atoms with E-state index in [0.29, 0.717) is 11.9 Å². The highest BCUT2D eigenvalue weighted by atomic mass is 32.1. The van der Waals surface area contributed by atoms with Gasteiger partial charge in [-0.3, -0.25) is 9.98 Å². The van der Waals surface area contributed by atoms with Crippen molar-refractivity contribution in [2.45, 2.75) is 19.0 Å². The molecule has 0 spiro atoms. The molecule has 1 aliphatic rings. The Morgan fingerprint density at radius 3 is 3.30 bits per heavy atom. The Bertz CT molecular complexity index is 841. The highest BCUT2D eigenvalue weighted by Crippen LogP contribution is 2.20. The van der Waals surface area contributed by atoms with Crippen molar-refractivity contribution in [3.8, 4) is 0 Å². The smallest absolute Gasteiger partial charge is 0.126 e. The summed E-state index contributed by atoms with van der Waals surface area (Å²) in [6.45, 7) is 2.81. The molecule has 1 atom stereocenters. The van der Waals surface area contributed by atoms with Gasteiger partial charge in [-0.25, -0.2) is 0 Å². The molecule has 3 N–H and O–H groups in total. The van der Waals surface area contributed by atoms with E-state index in [0.717, 1.165) is 31.6 Å². The molecule has 1 saturated heterocycles. The summed E-state index contributed by atoms with van der Waals surface area (Å²) in [6, 6.07) is 6.62. The van der Waals surface area contributed by atoms with Crippen LogP contribution in [-0.4, -0.2) is 34.5 Å². The van der Waals surface area contributed by atoms with E-state index >= 15 is 0 Å². The topological polar surface area (TPSA) is 68.2 Å². The zero-order chi connectivity index (χ0) is 15.6. The van der Waals surface area contributed by atoms with E-state index in [1.807, 2.05) is 18.5 Å². The summed E-state index contributed by atoms with van der Waals surface area (Å²) < 4.78 is 2.24. The molecule has 1 fully saturated rings. The Labute approximate surface area is 138 Å². The van der Waals surface area contributed by atoms with Gasteiger partial charge in [0.15, 0.2) is 0 Å². The summed E-state index contributed by atoms with van der Waals surface area (Å²) in [4.78, 5) is 10.1. The van der Waals surface area contributed by atoms with Crippen LogP contribution in [0.5, 0.6) is 0 Å². The lowest BCUT2D eigenvalue weighted by molar-refractivity contribution is 0.743. The van der Waals surface area contributed by atoms with Crippen molar-refractivity contribution in [2.24, 2.45) is 10.7 Å². The molecule has 0 aliphatic carbocycles. The van der Waals surface area contributed by atoms with Crippen LogP contribution < -0.4 is 11.1 Å². The van der Waals surface area contributed by atoms with E-state index < -0.39 is 0 Å². The Morgan fingerprint density at radius 1 is 1.48 bits per heavy atom. The maximum atomic E-state index is 6.17. The molecule has 4 heterocycles. The molecule has 4 rings (SSSR count). The largest absolute Gasteiger partial charge is 0.383 e. The molecular weight excluding hydrogens is 306 g/mol.